The second-order valence-corrected chi connectivity index (χ2v) is 8.92. The molecule has 30 heavy (non-hydrogen) atoms. The molecular weight excluding hydrogens is 370 g/mol. The van der Waals surface area contributed by atoms with Crippen molar-refractivity contribution in [3.8, 4) is 0 Å². The van der Waals surface area contributed by atoms with E-state index in [-0.39, 0.29) is 11.9 Å². The summed E-state index contributed by atoms with van der Waals surface area (Å²) in [6.45, 7) is 4.68. The summed E-state index contributed by atoms with van der Waals surface area (Å²) in [6, 6.07) is 17.3. The van der Waals surface area contributed by atoms with Crippen LogP contribution in [0.15, 0.2) is 53.6 Å². The summed E-state index contributed by atoms with van der Waals surface area (Å²) in [7, 11) is 2.09. The normalized spacial score (nSPS) is 19.9. The molecule has 1 aliphatic carbocycles. The van der Waals surface area contributed by atoms with Crippen molar-refractivity contribution < 1.29 is 4.79 Å². The van der Waals surface area contributed by atoms with Crippen LogP contribution in [0.25, 0.3) is 0 Å². The number of nitrogens with zero attached hydrogens (tertiary/aromatic N) is 3. The van der Waals surface area contributed by atoms with Crippen molar-refractivity contribution in [1.82, 2.24) is 9.91 Å². The standard InChI is InChI=1S/C26H33N3O/c1-19-14-15-22(16-20(19)2)24-17-25(21-10-6-4-7-11-21)29(27-24)26(30)18-28(3)23-12-8-5-9-13-23/h4,6-7,10-11,14-16,23,25H,5,8-9,12-13,17-18H2,1-3H3/t25-/m1/s1. The fourth-order valence-corrected chi connectivity index (χ4v) is 4.71. The van der Waals surface area contributed by atoms with Crippen LogP contribution in [-0.2, 0) is 4.79 Å². The molecule has 1 atom stereocenters. The minimum absolute atomic E-state index is 0.0323. The fraction of sp³-hybridized carbons (Fsp3) is 0.462. The van der Waals surface area contributed by atoms with Crippen molar-refractivity contribution in [2.75, 3.05) is 13.6 Å². The van der Waals surface area contributed by atoms with Gasteiger partial charge in [0.1, 0.15) is 0 Å². The van der Waals surface area contributed by atoms with Gasteiger partial charge in [-0.25, -0.2) is 5.01 Å². The van der Waals surface area contributed by atoms with Gasteiger partial charge in [-0.3, -0.25) is 9.69 Å². The van der Waals surface area contributed by atoms with Crippen LogP contribution in [-0.4, -0.2) is 41.2 Å². The predicted octanol–water partition coefficient (Wildman–Crippen LogP) is 5.25. The smallest absolute Gasteiger partial charge is 0.257 e. The Kier molecular flexibility index (Phi) is 6.33. The maximum atomic E-state index is 13.4. The van der Waals surface area contributed by atoms with Crippen LogP contribution in [0, 0.1) is 13.8 Å². The number of aryl methyl sites for hydroxylation is 2. The number of hydrogen-bond acceptors (Lipinski definition) is 3. The molecule has 0 unspecified atom stereocenters. The monoisotopic (exact) mass is 403 g/mol. The van der Waals surface area contributed by atoms with Gasteiger partial charge in [-0.1, -0.05) is 61.7 Å². The average Bonchev–Trinajstić information content (AvgIpc) is 3.22. The van der Waals surface area contributed by atoms with Gasteiger partial charge < -0.3 is 0 Å². The van der Waals surface area contributed by atoms with E-state index in [1.807, 2.05) is 18.2 Å². The highest BCUT2D eigenvalue weighted by atomic mass is 16.2. The minimum Gasteiger partial charge on any atom is -0.295 e. The third-order valence-corrected chi connectivity index (χ3v) is 6.77. The first-order valence-corrected chi connectivity index (χ1v) is 11.3. The number of hydrogen-bond donors (Lipinski definition) is 0. The number of benzene rings is 2. The first-order chi connectivity index (χ1) is 14.5. The SMILES string of the molecule is Cc1ccc(C2=NN(C(=O)CN(C)C3CCCCC3)[C@@H](c3ccccc3)C2)cc1C. The highest BCUT2D eigenvalue weighted by molar-refractivity contribution is 6.03. The lowest BCUT2D eigenvalue weighted by Crippen LogP contribution is -2.41. The van der Waals surface area contributed by atoms with Crippen LogP contribution >= 0.6 is 0 Å². The molecule has 4 heteroatoms. The molecule has 158 valence electrons. The zero-order valence-electron chi connectivity index (χ0n) is 18.5. The molecule has 0 saturated heterocycles. The lowest BCUT2D eigenvalue weighted by molar-refractivity contribution is -0.134. The van der Waals surface area contributed by atoms with Gasteiger partial charge in [-0.05, 0) is 62.1 Å². The number of amides is 1. The Morgan fingerprint density at radius 1 is 1.03 bits per heavy atom. The quantitative estimate of drug-likeness (QED) is 0.684. The fourth-order valence-electron chi connectivity index (χ4n) is 4.71. The Bertz CT molecular complexity index is 915. The molecule has 0 aromatic heterocycles. The van der Waals surface area contributed by atoms with E-state index in [0.717, 1.165) is 23.3 Å². The lowest BCUT2D eigenvalue weighted by atomic mass is 9.94. The number of likely N-dealkylation sites (N-methyl/N-ethyl adjacent to an activating group) is 1. The van der Waals surface area contributed by atoms with E-state index in [4.69, 9.17) is 5.10 Å². The molecule has 4 nitrogen and oxygen atoms in total. The molecule has 1 heterocycles. The molecule has 2 aromatic carbocycles. The van der Waals surface area contributed by atoms with E-state index in [0.29, 0.717) is 12.6 Å². The number of carbonyl (C=O) groups excluding carboxylic acids is 1. The van der Waals surface area contributed by atoms with E-state index in [1.165, 1.54) is 43.2 Å². The largest absolute Gasteiger partial charge is 0.295 e. The highest BCUT2D eigenvalue weighted by Crippen LogP contribution is 2.33. The van der Waals surface area contributed by atoms with Crippen molar-refractivity contribution in [3.05, 3.63) is 70.8 Å². The lowest BCUT2D eigenvalue weighted by Gasteiger charge is -2.32. The summed E-state index contributed by atoms with van der Waals surface area (Å²) in [4.78, 5) is 15.6. The van der Waals surface area contributed by atoms with Gasteiger partial charge in [0.05, 0.1) is 18.3 Å². The molecule has 1 saturated carbocycles. The highest BCUT2D eigenvalue weighted by Gasteiger charge is 2.34. The zero-order valence-corrected chi connectivity index (χ0v) is 18.5. The third-order valence-electron chi connectivity index (χ3n) is 6.77. The second-order valence-electron chi connectivity index (χ2n) is 8.92. The van der Waals surface area contributed by atoms with Crippen molar-refractivity contribution in [2.45, 2.75) is 64.5 Å². The Hall–Kier alpha value is -2.46. The number of carbonyl (C=O) groups is 1. The molecule has 0 N–H and O–H groups in total. The van der Waals surface area contributed by atoms with Gasteiger partial charge in [0.25, 0.3) is 5.91 Å². The maximum Gasteiger partial charge on any atom is 0.257 e. The van der Waals surface area contributed by atoms with Gasteiger partial charge in [-0.2, -0.15) is 5.10 Å². The molecule has 0 radical (unpaired) electrons. The zero-order chi connectivity index (χ0) is 21.1. The van der Waals surface area contributed by atoms with Crippen LogP contribution in [0.2, 0.25) is 0 Å². The predicted molar refractivity (Wildman–Crippen MR) is 123 cm³/mol. The summed E-state index contributed by atoms with van der Waals surface area (Å²) in [5.74, 6) is 0.0933. The Balaban J connectivity index is 1.58. The molecule has 0 bridgehead atoms. The molecule has 4 rings (SSSR count). The van der Waals surface area contributed by atoms with E-state index in [9.17, 15) is 4.79 Å². The van der Waals surface area contributed by atoms with Gasteiger partial charge >= 0.3 is 0 Å². The average molecular weight is 404 g/mol. The van der Waals surface area contributed by atoms with E-state index in [2.05, 4.69) is 56.1 Å². The molecule has 2 aliphatic rings. The maximum absolute atomic E-state index is 13.4. The van der Waals surface area contributed by atoms with Crippen molar-refractivity contribution in [2.24, 2.45) is 5.10 Å². The Morgan fingerprint density at radius 3 is 2.47 bits per heavy atom. The number of hydrazone groups is 1. The van der Waals surface area contributed by atoms with Crippen LogP contribution < -0.4 is 0 Å². The van der Waals surface area contributed by atoms with Gasteiger partial charge in [0.15, 0.2) is 0 Å². The van der Waals surface area contributed by atoms with E-state index >= 15 is 0 Å². The van der Waals surface area contributed by atoms with Crippen LogP contribution in [0.5, 0.6) is 0 Å². The summed E-state index contributed by atoms with van der Waals surface area (Å²) in [6.07, 6.45) is 7.02. The molecule has 0 spiro atoms. The van der Waals surface area contributed by atoms with Crippen molar-refractivity contribution >= 4 is 11.6 Å². The Morgan fingerprint density at radius 2 is 1.77 bits per heavy atom. The molecule has 1 fully saturated rings. The van der Waals surface area contributed by atoms with Crippen LogP contribution in [0.3, 0.4) is 0 Å². The topological polar surface area (TPSA) is 35.9 Å². The van der Waals surface area contributed by atoms with Crippen molar-refractivity contribution in [1.29, 1.82) is 0 Å². The molecule has 1 aliphatic heterocycles. The third kappa shape index (κ3) is 4.49. The summed E-state index contributed by atoms with van der Waals surface area (Å²) in [5, 5.41) is 6.61. The molecule has 2 aromatic rings. The molecule has 1 amide bonds. The van der Waals surface area contributed by atoms with Gasteiger partial charge in [0, 0.05) is 12.5 Å². The summed E-state index contributed by atoms with van der Waals surface area (Å²) < 4.78 is 0. The summed E-state index contributed by atoms with van der Waals surface area (Å²) >= 11 is 0. The van der Waals surface area contributed by atoms with Crippen LogP contribution in [0.1, 0.15) is 66.8 Å². The number of rotatable bonds is 5. The van der Waals surface area contributed by atoms with Crippen molar-refractivity contribution in [3.63, 3.8) is 0 Å². The minimum atomic E-state index is -0.0323. The Labute approximate surface area is 180 Å². The second kappa shape index (κ2) is 9.13. The first-order valence-electron chi connectivity index (χ1n) is 11.3. The molecular formula is C26H33N3O. The van der Waals surface area contributed by atoms with Crippen LogP contribution in [0.4, 0.5) is 0 Å². The van der Waals surface area contributed by atoms with Gasteiger partial charge in [0.2, 0.25) is 0 Å². The first kappa shape index (κ1) is 20.8. The van der Waals surface area contributed by atoms with Gasteiger partial charge in [-0.15, -0.1) is 0 Å². The van der Waals surface area contributed by atoms with E-state index in [1.54, 1.807) is 5.01 Å². The summed E-state index contributed by atoms with van der Waals surface area (Å²) in [5.41, 5.74) is 5.80. The van der Waals surface area contributed by atoms with E-state index < -0.39 is 0 Å².